The van der Waals surface area contributed by atoms with Crippen LogP contribution in [0.3, 0.4) is 0 Å². The van der Waals surface area contributed by atoms with E-state index in [1.807, 2.05) is 0 Å². The first-order valence-electron chi connectivity index (χ1n) is 2.94. The molecule has 0 unspecified atom stereocenters. The summed E-state index contributed by atoms with van der Waals surface area (Å²) < 4.78 is 16.2. The highest BCUT2D eigenvalue weighted by molar-refractivity contribution is 7.59. The number of halogens is 2. The third kappa shape index (κ3) is 3.82. The standard InChI is InChI=1S/C5H11Cl2O2P/c1-9-10(8,4-2-6)5-3-7/h2-5H2,1H3. The van der Waals surface area contributed by atoms with E-state index in [2.05, 4.69) is 0 Å². The van der Waals surface area contributed by atoms with Gasteiger partial charge in [-0.15, -0.1) is 23.2 Å². The normalized spacial score (nSPS) is 11.9. The molecular formula is C5H11Cl2O2P. The van der Waals surface area contributed by atoms with Crippen LogP contribution in [-0.2, 0) is 9.09 Å². The van der Waals surface area contributed by atoms with Gasteiger partial charge in [-0.25, -0.2) is 0 Å². The molecule has 0 aromatic heterocycles. The second-order valence-corrected chi connectivity index (χ2v) is 5.47. The van der Waals surface area contributed by atoms with E-state index in [1.54, 1.807) is 0 Å². The van der Waals surface area contributed by atoms with Gasteiger partial charge in [0.2, 0.25) is 7.37 Å². The lowest BCUT2D eigenvalue weighted by Gasteiger charge is -2.12. The van der Waals surface area contributed by atoms with Crippen molar-refractivity contribution in [3.8, 4) is 0 Å². The van der Waals surface area contributed by atoms with Gasteiger partial charge in [0.1, 0.15) is 0 Å². The minimum Gasteiger partial charge on any atom is -0.332 e. The molecule has 2 nitrogen and oxygen atoms in total. The molecule has 10 heavy (non-hydrogen) atoms. The van der Waals surface area contributed by atoms with Gasteiger partial charge in [0.05, 0.1) is 0 Å². The fourth-order valence-corrected chi connectivity index (χ4v) is 3.20. The van der Waals surface area contributed by atoms with Crippen LogP contribution in [0.2, 0.25) is 0 Å². The molecular weight excluding hydrogens is 194 g/mol. The van der Waals surface area contributed by atoms with Crippen molar-refractivity contribution < 1.29 is 9.09 Å². The van der Waals surface area contributed by atoms with Gasteiger partial charge < -0.3 is 4.52 Å². The molecule has 0 atom stereocenters. The topological polar surface area (TPSA) is 26.3 Å². The van der Waals surface area contributed by atoms with Crippen LogP contribution in [0.5, 0.6) is 0 Å². The van der Waals surface area contributed by atoms with Gasteiger partial charge in [-0.3, -0.25) is 4.57 Å². The van der Waals surface area contributed by atoms with E-state index >= 15 is 0 Å². The molecule has 0 rings (SSSR count). The molecule has 0 spiro atoms. The van der Waals surface area contributed by atoms with Crippen molar-refractivity contribution in [3.63, 3.8) is 0 Å². The number of rotatable bonds is 5. The Morgan fingerprint density at radius 2 is 1.70 bits per heavy atom. The summed E-state index contributed by atoms with van der Waals surface area (Å²) in [7, 11) is -1.03. The maximum absolute atomic E-state index is 11.4. The molecule has 0 N–H and O–H groups in total. The first-order valence-corrected chi connectivity index (χ1v) is 6.00. The molecule has 0 aromatic carbocycles. The van der Waals surface area contributed by atoms with Crippen molar-refractivity contribution >= 4 is 30.6 Å². The summed E-state index contributed by atoms with van der Waals surface area (Å²) in [5.74, 6) is 0.726. The van der Waals surface area contributed by atoms with Gasteiger partial charge in [-0.2, -0.15) is 0 Å². The van der Waals surface area contributed by atoms with Crippen LogP contribution in [-0.4, -0.2) is 31.2 Å². The van der Waals surface area contributed by atoms with Gasteiger partial charge in [-0.05, 0) is 0 Å². The summed E-state index contributed by atoms with van der Waals surface area (Å²) >= 11 is 10.8. The molecule has 0 heterocycles. The smallest absolute Gasteiger partial charge is 0.205 e. The first-order chi connectivity index (χ1) is 4.68. The Morgan fingerprint density at radius 3 is 1.90 bits per heavy atom. The molecule has 0 aliphatic rings. The van der Waals surface area contributed by atoms with Gasteiger partial charge in [0.25, 0.3) is 0 Å². The fraction of sp³-hybridized carbons (Fsp3) is 1.00. The predicted molar refractivity (Wildman–Crippen MR) is 45.8 cm³/mol. The molecule has 0 bridgehead atoms. The highest BCUT2D eigenvalue weighted by atomic mass is 35.5. The van der Waals surface area contributed by atoms with E-state index in [4.69, 9.17) is 27.7 Å². The van der Waals surface area contributed by atoms with Crippen molar-refractivity contribution in [2.24, 2.45) is 0 Å². The summed E-state index contributed by atoms with van der Waals surface area (Å²) in [5.41, 5.74) is 0. The molecule has 0 radical (unpaired) electrons. The summed E-state index contributed by atoms with van der Waals surface area (Å²) in [6.07, 6.45) is 0.829. The zero-order valence-electron chi connectivity index (χ0n) is 5.85. The van der Waals surface area contributed by atoms with E-state index in [0.717, 1.165) is 0 Å². The van der Waals surface area contributed by atoms with Crippen LogP contribution in [0.15, 0.2) is 0 Å². The van der Waals surface area contributed by atoms with Gasteiger partial charge in [0.15, 0.2) is 0 Å². The molecule has 0 aliphatic carbocycles. The van der Waals surface area contributed by atoms with Crippen LogP contribution in [0.4, 0.5) is 0 Å². The summed E-state index contributed by atoms with van der Waals surface area (Å²) in [6, 6.07) is 0. The van der Waals surface area contributed by atoms with Gasteiger partial charge >= 0.3 is 0 Å². The van der Waals surface area contributed by atoms with E-state index in [-0.39, 0.29) is 0 Å². The first kappa shape index (κ1) is 10.8. The molecule has 0 fully saturated rings. The molecule has 5 heteroatoms. The lowest BCUT2D eigenvalue weighted by Crippen LogP contribution is -1.99. The lowest BCUT2D eigenvalue weighted by atomic mass is 10.9. The summed E-state index contributed by atoms with van der Waals surface area (Å²) in [5, 5.41) is 0. The zero-order chi connectivity index (χ0) is 8.04. The van der Waals surface area contributed by atoms with Crippen molar-refractivity contribution in [2.75, 3.05) is 31.2 Å². The maximum atomic E-state index is 11.4. The largest absolute Gasteiger partial charge is 0.332 e. The van der Waals surface area contributed by atoms with E-state index in [1.165, 1.54) is 7.11 Å². The van der Waals surface area contributed by atoms with Gasteiger partial charge in [0, 0.05) is 31.2 Å². The van der Waals surface area contributed by atoms with E-state index in [9.17, 15) is 4.57 Å². The third-order valence-electron chi connectivity index (χ3n) is 1.18. The second kappa shape index (κ2) is 5.42. The molecule has 0 amide bonds. The van der Waals surface area contributed by atoms with E-state index in [0.29, 0.717) is 24.1 Å². The van der Waals surface area contributed by atoms with Crippen molar-refractivity contribution in [3.05, 3.63) is 0 Å². The predicted octanol–water partition coefficient (Wildman–Crippen LogP) is 2.39. The molecule has 0 saturated carbocycles. The Labute approximate surface area is 71.3 Å². The summed E-state index contributed by atoms with van der Waals surface area (Å²) in [6.45, 7) is 0. The van der Waals surface area contributed by atoms with Gasteiger partial charge in [-0.1, -0.05) is 0 Å². The summed E-state index contributed by atoms with van der Waals surface area (Å²) in [4.78, 5) is 0. The Morgan fingerprint density at radius 1 is 1.30 bits per heavy atom. The van der Waals surface area contributed by atoms with E-state index < -0.39 is 7.37 Å². The molecule has 0 saturated heterocycles. The zero-order valence-corrected chi connectivity index (χ0v) is 8.25. The Balaban J connectivity index is 3.83. The van der Waals surface area contributed by atoms with Crippen LogP contribution in [0.25, 0.3) is 0 Å². The maximum Gasteiger partial charge on any atom is 0.205 e. The average Bonchev–Trinajstić information content (AvgIpc) is 1.89. The number of alkyl halides is 2. The molecule has 0 aromatic rings. The van der Waals surface area contributed by atoms with Crippen LogP contribution in [0, 0.1) is 0 Å². The second-order valence-electron chi connectivity index (χ2n) is 1.82. The highest BCUT2D eigenvalue weighted by Crippen LogP contribution is 2.45. The monoisotopic (exact) mass is 204 g/mol. The Hall–Kier alpha value is 0.770. The van der Waals surface area contributed by atoms with Crippen LogP contribution in [0.1, 0.15) is 0 Å². The number of hydrogen-bond acceptors (Lipinski definition) is 2. The van der Waals surface area contributed by atoms with Crippen molar-refractivity contribution in [1.29, 1.82) is 0 Å². The SMILES string of the molecule is COP(=O)(CCCl)CCCl. The average molecular weight is 205 g/mol. The van der Waals surface area contributed by atoms with Crippen LogP contribution < -0.4 is 0 Å². The Bertz CT molecular complexity index is 119. The minimum atomic E-state index is -2.46. The van der Waals surface area contributed by atoms with Crippen molar-refractivity contribution in [1.82, 2.24) is 0 Å². The minimum absolute atomic E-state index is 0.363. The van der Waals surface area contributed by atoms with Crippen LogP contribution >= 0.6 is 30.6 Å². The molecule has 62 valence electrons. The lowest BCUT2D eigenvalue weighted by molar-refractivity contribution is 0.396. The number of hydrogen-bond donors (Lipinski definition) is 0. The highest BCUT2D eigenvalue weighted by Gasteiger charge is 2.18. The quantitative estimate of drug-likeness (QED) is 0.508. The fourth-order valence-electron chi connectivity index (χ4n) is 0.552. The third-order valence-corrected chi connectivity index (χ3v) is 4.56. The molecule has 0 aliphatic heterocycles. The van der Waals surface area contributed by atoms with Crippen molar-refractivity contribution in [2.45, 2.75) is 0 Å². The Kier molecular flexibility index (Phi) is 5.84.